The first-order valence-corrected chi connectivity index (χ1v) is 4.62. The van der Waals surface area contributed by atoms with Crippen LogP contribution in [0.2, 0.25) is 0 Å². The van der Waals surface area contributed by atoms with Crippen molar-refractivity contribution in [2.75, 3.05) is 0 Å². The smallest absolute Gasteiger partial charge is 0.433 e. The number of ether oxygens (including phenoxy) is 1. The molecule has 0 aliphatic rings. The van der Waals surface area contributed by atoms with E-state index in [1.54, 1.807) is 13.8 Å². The van der Waals surface area contributed by atoms with E-state index in [-0.39, 0.29) is 17.7 Å². The summed E-state index contributed by atoms with van der Waals surface area (Å²) in [5.41, 5.74) is 0. The van der Waals surface area contributed by atoms with Crippen molar-refractivity contribution in [2.45, 2.75) is 20.0 Å². The molecule has 6 heteroatoms. The van der Waals surface area contributed by atoms with Gasteiger partial charge in [-0.15, -0.1) is 0 Å². The summed E-state index contributed by atoms with van der Waals surface area (Å²) in [6.07, 6.45) is 2.27. The van der Waals surface area contributed by atoms with Crippen molar-refractivity contribution < 1.29 is 18.9 Å². The van der Waals surface area contributed by atoms with Gasteiger partial charge in [0.1, 0.15) is 10.7 Å². The molecule has 0 aliphatic heterocycles. The van der Waals surface area contributed by atoms with Crippen LogP contribution in [0.25, 0.3) is 6.08 Å². The number of esters is 1. The Balaban J connectivity index is 2.62. The lowest BCUT2D eigenvalue weighted by atomic mass is 10.4. The zero-order chi connectivity index (χ0) is 12.1. The van der Waals surface area contributed by atoms with Crippen LogP contribution in [0.5, 0.6) is 0 Å². The molecule has 0 fully saturated rings. The second-order valence-electron chi connectivity index (χ2n) is 3.25. The molecule has 0 unspecified atom stereocenters. The Bertz CT molecular complexity index is 419. The van der Waals surface area contributed by atoms with Crippen molar-refractivity contribution >= 4 is 17.9 Å². The maximum atomic E-state index is 11.1. The number of rotatable bonds is 4. The van der Waals surface area contributed by atoms with Gasteiger partial charge in [-0.3, -0.25) is 10.1 Å². The summed E-state index contributed by atoms with van der Waals surface area (Å²) < 4.78 is 9.63. The van der Waals surface area contributed by atoms with E-state index in [9.17, 15) is 14.9 Å². The van der Waals surface area contributed by atoms with Crippen LogP contribution in [0, 0.1) is 10.1 Å². The number of nitro groups is 1. The normalized spacial score (nSPS) is 10.9. The zero-order valence-electron chi connectivity index (χ0n) is 8.88. The van der Waals surface area contributed by atoms with Crippen LogP contribution in [-0.2, 0) is 9.53 Å². The summed E-state index contributed by atoms with van der Waals surface area (Å²) in [6, 6.07) is 2.62. The Morgan fingerprint density at radius 1 is 1.56 bits per heavy atom. The molecule has 0 radical (unpaired) electrons. The highest BCUT2D eigenvalue weighted by Crippen LogP contribution is 2.16. The largest absolute Gasteiger partial charge is 0.460 e. The average molecular weight is 225 g/mol. The lowest BCUT2D eigenvalue weighted by molar-refractivity contribution is -0.402. The lowest BCUT2D eigenvalue weighted by Crippen LogP contribution is -2.08. The number of carbonyl (C=O) groups excluding carboxylic acids is 1. The fraction of sp³-hybridized carbons (Fsp3) is 0.300. The third kappa shape index (κ3) is 3.56. The van der Waals surface area contributed by atoms with E-state index >= 15 is 0 Å². The van der Waals surface area contributed by atoms with Gasteiger partial charge in [-0.1, -0.05) is 0 Å². The van der Waals surface area contributed by atoms with Crippen LogP contribution in [-0.4, -0.2) is 17.0 Å². The van der Waals surface area contributed by atoms with Crippen molar-refractivity contribution in [2.24, 2.45) is 0 Å². The van der Waals surface area contributed by atoms with Gasteiger partial charge < -0.3 is 9.15 Å². The van der Waals surface area contributed by atoms with Gasteiger partial charge in [-0.25, -0.2) is 4.79 Å². The highest BCUT2D eigenvalue weighted by atomic mass is 16.6. The first-order chi connectivity index (χ1) is 7.49. The van der Waals surface area contributed by atoms with Gasteiger partial charge in [0.05, 0.1) is 12.2 Å². The van der Waals surface area contributed by atoms with Crippen LogP contribution in [0.15, 0.2) is 22.6 Å². The van der Waals surface area contributed by atoms with Gasteiger partial charge in [0, 0.05) is 6.08 Å². The summed E-state index contributed by atoms with van der Waals surface area (Å²) >= 11 is 0. The van der Waals surface area contributed by atoms with E-state index < -0.39 is 10.9 Å². The summed E-state index contributed by atoms with van der Waals surface area (Å²) in [5, 5.41) is 10.3. The molecule has 0 saturated heterocycles. The van der Waals surface area contributed by atoms with Gasteiger partial charge >= 0.3 is 11.9 Å². The van der Waals surface area contributed by atoms with Crippen LogP contribution in [0.4, 0.5) is 5.88 Å². The molecule has 0 aliphatic carbocycles. The van der Waals surface area contributed by atoms with Crippen LogP contribution < -0.4 is 0 Å². The van der Waals surface area contributed by atoms with Crippen molar-refractivity contribution in [3.63, 3.8) is 0 Å². The molecule has 1 rings (SSSR count). The molecule has 0 saturated carbocycles. The topological polar surface area (TPSA) is 82.6 Å². The third-order valence-electron chi connectivity index (χ3n) is 1.53. The first-order valence-electron chi connectivity index (χ1n) is 4.62. The maximum Gasteiger partial charge on any atom is 0.433 e. The predicted molar refractivity (Wildman–Crippen MR) is 55.6 cm³/mol. The molecular formula is C10H11NO5. The Hall–Kier alpha value is -2.11. The molecule has 0 bridgehead atoms. The Morgan fingerprint density at radius 2 is 2.25 bits per heavy atom. The molecule has 0 N–H and O–H groups in total. The highest BCUT2D eigenvalue weighted by Gasteiger charge is 2.10. The third-order valence-corrected chi connectivity index (χ3v) is 1.53. The zero-order valence-corrected chi connectivity index (χ0v) is 8.88. The molecule has 0 amide bonds. The summed E-state index contributed by atoms with van der Waals surface area (Å²) in [6.45, 7) is 3.45. The van der Waals surface area contributed by atoms with E-state index in [0.29, 0.717) is 0 Å². The molecule has 1 heterocycles. The fourth-order valence-corrected chi connectivity index (χ4v) is 0.952. The number of nitrogens with zero attached hydrogens (tertiary/aromatic N) is 1. The van der Waals surface area contributed by atoms with E-state index in [0.717, 1.165) is 6.08 Å². The standard InChI is InChI=1S/C10H11NO5/c1-7(2)15-10(12)6-4-8-3-5-9(16-8)11(13)14/h3-7H,1-2H3/b6-4-. The molecule has 6 nitrogen and oxygen atoms in total. The second kappa shape index (κ2) is 5.11. The lowest BCUT2D eigenvalue weighted by Gasteiger charge is -2.03. The van der Waals surface area contributed by atoms with E-state index in [1.165, 1.54) is 18.2 Å². The van der Waals surface area contributed by atoms with Crippen molar-refractivity contribution in [1.82, 2.24) is 0 Å². The molecule has 16 heavy (non-hydrogen) atoms. The van der Waals surface area contributed by atoms with E-state index in [4.69, 9.17) is 9.15 Å². The van der Waals surface area contributed by atoms with Crippen molar-refractivity contribution in [3.05, 3.63) is 34.1 Å². The number of carbonyl (C=O) groups is 1. The Labute approximate surface area is 91.7 Å². The molecule has 1 aromatic rings. The van der Waals surface area contributed by atoms with E-state index in [2.05, 4.69) is 0 Å². The summed E-state index contributed by atoms with van der Waals surface area (Å²) in [5.74, 6) is -0.654. The minimum absolute atomic E-state index is 0.205. The molecule has 1 aromatic heterocycles. The fourth-order valence-electron chi connectivity index (χ4n) is 0.952. The van der Waals surface area contributed by atoms with Crippen LogP contribution >= 0.6 is 0 Å². The van der Waals surface area contributed by atoms with Crippen molar-refractivity contribution in [3.8, 4) is 0 Å². The summed E-state index contributed by atoms with van der Waals surface area (Å²) in [7, 11) is 0. The van der Waals surface area contributed by atoms with E-state index in [1.807, 2.05) is 0 Å². The molecule has 0 aromatic carbocycles. The first kappa shape index (κ1) is 12.0. The highest BCUT2D eigenvalue weighted by molar-refractivity contribution is 5.86. The SMILES string of the molecule is CC(C)OC(=O)/C=C\c1ccc([N+](=O)[O-])o1. The summed E-state index contributed by atoms with van der Waals surface area (Å²) in [4.78, 5) is 20.7. The van der Waals surface area contributed by atoms with Gasteiger partial charge in [0.25, 0.3) is 0 Å². The number of furan rings is 1. The minimum Gasteiger partial charge on any atom is -0.460 e. The van der Waals surface area contributed by atoms with Gasteiger partial charge in [0.15, 0.2) is 0 Å². The van der Waals surface area contributed by atoms with Crippen LogP contribution in [0.3, 0.4) is 0 Å². The number of hydrogen-bond acceptors (Lipinski definition) is 5. The molecule has 0 atom stereocenters. The van der Waals surface area contributed by atoms with Gasteiger partial charge in [-0.05, 0) is 26.0 Å². The number of hydrogen-bond donors (Lipinski definition) is 0. The van der Waals surface area contributed by atoms with Gasteiger partial charge in [0.2, 0.25) is 0 Å². The predicted octanol–water partition coefficient (Wildman–Crippen LogP) is 2.15. The molecular weight excluding hydrogens is 214 g/mol. The monoisotopic (exact) mass is 225 g/mol. The van der Waals surface area contributed by atoms with Gasteiger partial charge in [-0.2, -0.15) is 0 Å². The second-order valence-corrected chi connectivity index (χ2v) is 3.25. The Kier molecular flexibility index (Phi) is 3.82. The van der Waals surface area contributed by atoms with Crippen molar-refractivity contribution in [1.29, 1.82) is 0 Å². The minimum atomic E-state index is -0.649. The average Bonchev–Trinajstić information content (AvgIpc) is 2.61. The van der Waals surface area contributed by atoms with Crippen LogP contribution in [0.1, 0.15) is 19.6 Å². The molecule has 86 valence electrons. The quantitative estimate of drug-likeness (QED) is 0.339. The molecule has 0 spiro atoms. The maximum absolute atomic E-state index is 11.1. The Morgan fingerprint density at radius 3 is 2.75 bits per heavy atom.